The first-order chi connectivity index (χ1) is 8.47. The van der Waals surface area contributed by atoms with Crippen LogP contribution in [0.15, 0.2) is 24.5 Å². The third-order valence-corrected chi connectivity index (χ3v) is 3.41. The molecular formula is C15H21N3. The summed E-state index contributed by atoms with van der Waals surface area (Å²) in [6.07, 6.45) is 1.87. The van der Waals surface area contributed by atoms with Gasteiger partial charge < -0.3 is 10.3 Å². The lowest BCUT2D eigenvalue weighted by Crippen LogP contribution is -2.18. The van der Waals surface area contributed by atoms with Gasteiger partial charge in [-0.05, 0) is 33.3 Å². The minimum atomic E-state index is 0.0101. The molecule has 0 amide bonds. The number of aryl methyl sites for hydroxylation is 3. The van der Waals surface area contributed by atoms with E-state index in [1.54, 1.807) is 0 Å². The van der Waals surface area contributed by atoms with Gasteiger partial charge in [0.25, 0.3) is 0 Å². The smallest absolute Gasteiger partial charge is 0.0952 e. The van der Waals surface area contributed by atoms with Gasteiger partial charge in [0.15, 0.2) is 0 Å². The second-order valence-electron chi connectivity index (χ2n) is 5.10. The summed E-state index contributed by atoms with van der Waals surface area (Å²) in [6.45, 7) is 9.09. The van der Waals surface area contributed by atoms with Crippen molar-refractivity contribution in [1.82, 2.24) is 9.55 Å². The van der Waals surface area contributed by atoms with Gasteiger partial charge in [-0.15, -0.1) is 0 Å². The monoisotopic (exact) mass is 243 g/mol. The van der Waals surface area contributed by atoms with E-state index in [2.05, 4.69) is 48.5 Å². The van der Waals surface area contributed by atoms with Crippen LogP contribution in [0.2, 0.25) is 0 Å². The van der Waals surface area contributed by atoms with Gasteiger partial charge >= 0.3 is 0 Å². The Hall–Kier alpha value is -1.61. The highest BCUT2D eigenvalue weighted by atomic mass is 15.1. The van der Waals surface area contributed by atoms with Gasteiger partial charge in [0.2, 0.25) is 0 Å². The van der Waals surface area contributed by atoms with Crippen molar-refractivity contribution < 1.29 is 0 Å². The van der Waals surface area contributed by atoms with Crippen molar-refractivity contribution in [2.45, 2.75) is 40.3 Å². The summed E-state index contributed by atoms with van der Waals surface area (Å²) in [5.74, 6) is 0. The van der Waals surface area contributed by atoms with Crippen molar-refractivity contribution in [3.63, 3.8) is 0 Å². The Kier molecular flexibility index (Phi) is 3.53. The fourth-order valence-corrected chi connectivity index (χ4v) is 2.27. The Morgan fingerprint density at radius 2 is 1.72 bits per heavy atom. The third kappa shape index (κ3) is 2.62. The van der Waals surface area contributed by atoms with Crippen LogP contribution in [0.1, 0.15) is 34.1 Å². The Bertz CT molecular complexity index is 535. The van der Waals surface area contributed by atoms with E-state index in [4.69, 9.17) is 5.73 Å². The molecule has 0 aliphatic carbocycles. The number of nitrogens with two attached hydrogens (primary N) is 1. The number of hydrogen-bond donors (Lipinski definition) is 1. The second-order valence-corrected chi connectivity index (χ2v) is 5.10. The van der Waals surface area contributed by atoms with Gasteiger partial charge in [-0.25, -0.2) is 4.98 Å². The molecule has 3 heteroatoms. The predicted octanol–water partition coefficient (Wildman–Crippen LogP) is 2.82. The highest BCUT2D eigenvalue weighted by Gasteiger charge is 2.10. The van der Waals surface area contributed by atoms with E-state index >= 15 is 0 Å². The number of nitrogens with zero attached hydrogens (tertiary/aromatic N) is 2. The maximum atomic E-state index is 6.29. The maximum absolute atomic E-state index is 6.29. The topological polar surface area (TPSA) is 43.8 Å². The fraction of sp³-hybridized carbons (Fsp3) is 0.400. The van der Waals surface area contributed by atoms with Crippen LogP contribution in [0.4, 0.5) is 0 Å². The van der Waals surface area contributed by atoms with Gasteiger partial charge in [-0.1, -0.05) is 29.3 Å². The zero-order valence-corrected chi connectivity index (χ0v) is 11.6. The van der Waals surface area contributed by atoms with Crippen LogP contribution in [0.5, 0.6) is 0 Å². The molecule has 96 valence electrons. The summed E-state index contributed by atoms with van der Waals surface area (Å²) in [6, 6.07) is 6.51. The molecule has 0 fully saturated rings. The van der Waals surface area contributed by atoms with Crippen molar-refractivity contribution in [1.29, 1.82) is 0 Å². The van der Waals surface area contributed by atoms with Crippen LogP contribution in [0.3, 0.4) is 0 Å². The molecule has 1 aromatic carbocycles. The molecule has 0 spiro atoms. The fourth-order valence-electron chi connectivity index (χ4n) is 2.27. The molecule has 2 N–H and O–H groups in total. The minimum Gasteiger partial charge on any atom is -0.333 e. The molecule has 18 heavy (non-hydrogen) atoms. The molecule has 2 rings (SSSR count). The molecular weight excluding hydrogens is 222 g/mol. The van der Waals surface area contributed by atoms with Crippen LogP contribution in [0, 0.1) is 27.7 Å². The summed E-state index contributed by atoms with van der Waals surface area (Å²) >= 11 is 0. The quantitative estimate of drug-likeness (QED) is 0.901. The largest absolute Gasteiger partial charge is 0.333 e. The summed E-state index contributed by atoms with van der Waals surface area (Å²) in [7, 11) is 0. The SMILES string of the molecule is Cc1cc(C)cc(C(N)Cn2cnc(C)c2C)c1. The predicted molar refractivity (Wildman–Crippen MR) is 74.5 cm³/mol. The van der Waals surface area contributed by atoms with E-state index in [0.29, 0.717) is 0 Å². The molecule has 3 nitrogen and oxygen atoms in total. The molecule has 0 saturated carbocycles. The maximum Gasteiger partial charge on any atom is 0.0952 e. The van der Waals surface area contributed by atoms with Crippen molar-refractivity contribution in [2.24, 2.45) is 5.73 Å². The van der Waals surface area contributed by atoms with E-state index in [-0.39, 0.29) is 6.04 Å². The van der Waals surface area contributed by atoms with Crippen LogP contribution < -0.4 is 5.73 Å². The van der Waals surface area contributed by atoms with E-state index in [9.17, 15) is 0 Å². The average molecular weight is 243 g/mol. The van der Waals surface area contributed by atoms with Crippen LogP contribution >= 0.6 is 0 Å². The van der Waals surface area contributed by atoms with E-state index in [1.165, 1.54) is 22.4 Å². The molecule has 1 unspecified atom stereocenters. The molecule has 0 aliphatic rings. The van der Waals surface area contributed by atoms with Crippen LogP contribution in [0.25, 0.3) is 0 Å². The average Bonchev–Trinajstić information content (AvgIpc) is 2.59. The Balaban J connectivity index is 2.21. The lowest BCUT2D eigenvalue weighted by molar-refractivity contribution is 0.566. The van der Waals surface area contributed by atoms with E-state index in [1.807, 2.05) is 13.3 Å². The number of benzene rings is 1. The lowest BCUT2D eigenvalue weighted by atomic mass is 10.0. The normalized spacial score (nSPS) is 12.7. The first kappa shape index (κ1) is 12.8. The zero-order valence-electron chi connectivity index (χ0n) is 11.6. The highest BCUT2D eigenvalue weighted by Crippen LogP contribution is 2.18. The van der Waals surface area contributed by atoms with Crippen LogP contribution in [-0.4, -0.2) is 9.55 Å². The Morgan fingerprint density at radius 3 is 2.22 bits per heavy atom. The van der Waals surface area contributed by atoms with Crippen molar-refractivity contribution >= 4 is 0 Å². The van der Waals surface area contributed by atoms with Gasteiger partial charge in [0.1, 0.15) is 0 Å². The van der Waals surface area contributed by atoms with E-state index in [0.717, 1.165) is 12.2 Å². The molecule has 2 aromatic rings. The molecule has 0 radical (unpaired) electrons. The summed E-state index contributed by atoms with van der Waals surface area (Å²) < 4.78 is 2.12. The van der Waals surface area contributed by atoms with E-state index < -0.39 is 0 Å². The van der Waals surface area contributed by atoms with Gasteiger partial charge in [0, 0.05) is 18.3 Å². The number of imidazole rings is 1. The van der Waals surface area contributed by atoms with Gasteiger partial charge in [-0.2, -0.15) is 0 Å². The lowest BCUT2D eigenvalue weighted by Gasteiger charge is -2.15. The summed E-state index contributed by atoms with van der Waals surface area (Å²) in [4.78, 5) is 4.31. The molecule has 0 saturated heterocycles. The van der Waals surface area contributed by atoms with Crippen molar-refractivity contribution in [2.75, 3.05) is 0 Å². The zero-order chi connectivity index (χ0) is 13.3. The third-order valence-electron chi connectivity index (χ3n) is 3.41. The molecule has 0 bridgehead atoms. The van der Waals surface area contributed by atoms with Crippen LogP contribution in [-0.2, 0) is 6.54 Å². The Morgan fingerprint density at radius 1 is 1.11 bits per heavy atom. The van der Waals surface area contributed by atoms with Gasteiger partial charge in [-0.3, -0.25) is 0 Å². The second kappa shape index (κ2) is 4.94. The molecule has 1 heterocycles. The number of rotatable bonds is 3. The Labute approximate surface area is 109 Å². The van der Waals surface area contributed by atoms with Crippen molar-refractivity contribution in [3.05, 3.63) is 52.6 Å². The minimum absolute atomic E-state index is 0.0101. The number of aromatic nitrogens is 2. The number of hydrogen-bond acceptors (Lipinski definition) is 2. The highest BCUT2D eigenvalue weighted by molar-refractivity contribution is 5.30. The standard InChI is InChI=1S/C15H21N3/c1-10-5-11(2)7-14(6-10)15(16)8-18-9-17-12(3)13(18)4/h5-7,9,15H,8,16H2,1-4H3. The summed E-state index contributed by atoms with van der Waals surface area (Å²) in [5, 5.41) is 0. The van der Waals surface area contributed by atoms with Gasteiger partial charge in [0.05, 0.1) is 12.0 Å². The first-order valence-electron chi connectivity index (χ1n) is 6.29. The van der Waals surface area contributed by atoms with Crippen molar-refractivity contribution in [3.8, 4) is 0 Å². The molecule has 1 aromatic heterocycles. The summed E-state index contributed by atoms with van der Waals surface area (Å²) in [5.41, 5.74) is 12.3. The first-order valence-corrected chi connectivity index (χ1v) is 6.29. The molecule has 1 atom stereocenters. The molecule has 0 aliphatic heterocycles.